The van der Waals surface area contributed by atoms with Crippen LogP contribution in [0, 0.1) is 12.7 Å². The van der Waals surface area contributed by atoms with Crippen LogP contribution >= 0.6 is 0 Å². The second-order valence-corrected chi connectivity index (χ2v) is 6.34. The number of hydrogen-bond donors (Lipinski definition) is 1. The standard InChI is InChI=1S/C17H24FNO/c1-13-15(18)6-5-7-16(13)19-14-8-11-20-17(12-14)9-3-2-4-10-17/h5-7,14,19H,2-4,8-12H2,1H3. The van der Waals surface area contributed by atoms with E-state index in [1.165, 1.54) is 38.2 Å². The first-order chi connectivity index (χ1) is 9.69. The third kappa shape index (κ3) is 2.83. The van der Waals surface area contributed by atoms with Gasteiger partial charge in [-0.1, -0.05) is 25.3 Å². The monoisotopic (exact) mass is 277 g/mol. The minimum atomic E-state index is -0.130. The molecule has 0 bridgehead atoms. The maximum absolute atomic E-state index is 13.6. The highest BCUT2D eigenvalue weighted by Crippen LogP contribution is 2.39. The van der Waals surface area contributed by atoms with Crippen LogP contribution in [0.15, 0.2) is 18.2 Å². The number of anilines is 1. The van der Waals surface area contributed by atoms with Gasteiger partial charge in [-0.05, 0) is 44.7 Å². The number of nitrogens with one attached hydrogen (secondary N) is 1. The van der Waals surface area contributed by atoms with Crippen LogP contribution < -0.4 is 5.32 Å². The molecule has 1 unspecified atom stereocenters. The quantitative estimate of drug-likeness (QED) is 0.863. The van der Waals surface area contributed by atoms with Crippen molar-refractivity contribution < 1.29 is 9.13 Å². The van der Waals surface area contributed by atoms with Crippen molar-refractivity contribution in [2.75, 3.05) is 11.9 Å². The van der Waals surface area contributed by atoms with Crippen LogP contribution in [0.3, 0.4) is 0 Å². The summed E-state index contributed by atoms with van der Waals surface area (Å²) in [7, 11) is 0. The normalized spacial score (nSPS) is 25.6. The second kappa shape index (κ2) is 5.72. The molecule has 2 nitrogen and oxygen atoms in total. The highest BCUT2D eigenvalue weighted by Gasteiger charge is 2.38. The van der Waals surface area contributed by atoms with Crippen LogP contribution in [0.4, 0.5) is 10.1 Å². The van der Waals surface area contributed by atoms with Gasteiger partial charge in [0.15, 0.2) is 0 Å². The average Bonchev–Trinajstić information content (AvgIpc) is 2.45. The summed E-state index contributed by atoms with van der Waals surface area (Å²) in [6.07, 6.45) is 8.35. The smallest absolute Gasteiger partial charge is 0.128 e. The molecule has 1 atom stereocenters. The molecule has 0 aromatic heterocycles. The molecular formula is C17H24FNO. The summed E-state index contributed by atoms with van der Waals surface area (Å²) < 4.78 is 19.7. The van der Waals surface area contributed by atoms with E-state index in [1.807, 2.05) is 13.0 Å². The first-order valence-corrected chi connectivity index (χ1v) is 7.84. The Bertz CT molecular complexity index is 463. The number of halogens is 1. The van der Waals surface area contributed by atoms with Gasteiger partial charge in [0.25, 0.3) is 0 Å². The minimum Gasteiger partial charge on any atom is -0.382 e. The Morgan fingerprint density at radius 2 is 2.05 bits per heavy atom. The van der Waals surface area contributed by atoms with Gasteiger partial charge in [0, 0.05) is 23.9 Å². The van der Waals surface area contributed by atoms with Crippen molar-refractivity contribution in [3.63, 3.8) is 0 Å². The summed E-state index contributed by atoms with van der Waals surface area (Å²) >= 11 is 0. The molecule has 110 valence electrons. The molecule has 1 aliphatic carbocycles. The molecule has 1 aromatic rings. The average molecular weight is 277 g/mol. The SMILES string of the molecule is Cc1c(F)cccc1NC1CCOC2(CCCCC2)C1. The molecule has 2 aliphatic rings. The van der Waals surface area contributed by atoms with Gasteiger partial charge in [-0.2, -0.15) is 0 Å². The van der Waals surface area contributed by atoms with Crippen LogP contribution in [0.25, 0.3) is 0 Å². The first kappa shape index (κ1) is 13.9. The predicted octanol–water partition coefficient (Wildman–Crippen LogP) is 4.43. The zero-order valence-electron chi connectivity index (χ0n) is 12.3. The zero-order chi connectivity index (χ0) is 14.0. The Kier molecular flexibility index (Phi) is 3.97. The summed E-state index contributed by atoms with van der Waals surface area (Å²) in [4.78, 5) is 0. The van der Waals surface area contributed by atoms with Crippen molar-refractivity contribution in [2.24, 2.45) is 0 Å². The highest BCUT2D eigenvalue weighted by molar-refractivity contribution is 5.51. The molecule has 1 aliphatic heterocycles. The number of benzene rings is 1. The van der Waals surface area contributed by atoms with E-state index in [1.54, 1.807) is 6.07 Å². The van der Waals surface area contributed by atoms with Crippen LogP contribution in [-0.4, -0.2) is 18.2 Å². The molecule has 1 N–H and O–H groups in total. The van der Waals surface area contributed by atoms with Gasteiger partial charge in [-0.25, -0.2) is 4.39 Å². The Labute approximate surface area is 120 Å². The lowest BCUT2D eigenvalue weighted by Crippen LogP contribution is -2.45. The van der Waals surface area contributed by atoms with Gasteiger partial charge in [0.2, 0.25) is 0 Å². The third-order valence-electron chi connectivity index (χ3n) is 4.89. The first-order valence-electron chi connectivity index (χ1n) is 7.84. The molecule has 0 amide bonds. The fourth-order valence-electron chi connectivity index (χ4n) is 3.68. The van der Waals surface area contributed by atoms with E-state index in [0.29, 0.717) is 6.04 Å². The Balaban J connectivity index is 1.69. The molecule has 20 heavy (non-hydrogen) atoms. The maximum Gasteiger partial charge on any atom is 0.128 e. The van der Waals surface area contributed by atoms with Crippen molar-refractivity contribution in [3.8, 4) is 0 Å². The van der Waals surface area contributed by atoms with Gasteiger partial charge < -0.3 is 10.1 Å². The fourth-order valence-corrected chi connectivity index (χ4v) is 3.68. The van der Waals surface area contributed by atoms with Crippen molar-refractivity contribution in [1.29, 1.82) is 0 Å². The van der Waals surface area contributed by atoms with E-state index in [0.717, 1.165) is 30.7 Å². The van der Waals surface area contributed by atoms with E-state index in [4.69, 9.17) is 4.74 Å². The fraction of sp³-hybridized carbons (Fsp3) is 0.647. The largest absolute Gasteiger partial charge is 0.382 e. The predicted molar refractivity (Wildman–Crippen MR) is 79.5 cm³/mol. The van der Waals surface area contributed by atoms with Gasteiger partial charge in [-0.3, -0.25) is 0 Å². The topological polar surface area (TPSA) is 21.3 Å². The lowest BCUT2D eigenvalue weighted by atomic mass is 9.78. The van der Waals surface area contributed by atoms with Gasteiger partial charge >= 0.3 is 0 Å². The Hall–Kier alpha value is -1.09. The molecule has 1 saturated heterocycles. The van der Waals surface area contributed by atoms with Crippen molar-refractivity contribution in [1.82, 2.24) is 0 Å². The van der Waals surface area contributed by atoms with Crippen LogP contribution in [0.1, 0.15) is 50.5 Å². The molecule has 2 fully saturated rings. The van der Waals surface area contributed by atoms with Crippen LogP contribution in [0.2, 0.25) is 0 Å². The summed E-state index contributed by atoms with van der Waals surface area (Å²) in [5.74, 6) is -0.130. The molecular weight excluding hydrogens is 253 g/mol. The third-order valence-corrected chi connectivity index (χ3v) is 4.89. The lowest BCUT2D eigenvalue weighted by Gasteiger charge is -2.44. The zero-order valence-corrected chi connectivity index (χ0v) is 12.3. The van der Waals surface area contributed by atoms with E-state index >= 15 is 0 Å². The molecule has 1 aromatic carbocycles. The highest BCUT2D eigenvalue weighted by atomic mass is 19.1. The van der Waals surface area contributed by atoms with E-state index < -0.39 is 0 Å². The second-order valence-electron chi connectivity index (χ2n) is 6.34. The molecule has 1 heterocycles. The molecule has 3 rings (SSSR count). The van der Waals surface area contributed by atoms with Gasteiger partial charge in [-0.15, -0.1) is 0 Å². The summed E-state index contributed by atoms with van der Waals surface area (Å²) in [6.45, 7) is 2.67. The molecule has 1 spiro atoms. The van der Waals surface area contributed by atoms with Crippen molar-refractivity contribution in [2.45, 2.75) is 63.5 Å². The van der Waals surface area contributed by atoms with Gasteiger partial charge in [0.05, 0.1) is 5.60 Å². The minimum absolute atomic E-state index is 0.0927. The Morgan fingerprint density at radius 3 is 2.85 bits per heavy atom. The molecule has 0 radical (unpaired) electrons. The number of rotatable bonds is 2. The van der Waals surface area contributed by atoms with Crippen LogP contribution in [-0.2, 0) is 4.74 Å². The number of hydrogen-bond acceptors (Lipinski definition) is 2. The summed E-state index contributed by atoms with van der Waals surface area (Å²) in [5.41, 5.74) is 1.75. The maximum atomic E-state index is 13.6. The molecule has 3 heteroatoms. The lowest BCUT2D eigenvalue weighted by molar-refractivity contribution is -0.103. The molecule has 1 saturated carbocycles. The van der Waals surface area contributed by atoms with E-state index in [9.17, 15) is 4.39 Å². The number of ether oxygens (including phenoxy) is 1. The van der Waals surface area contributed by atoms with Crippen LogP contribution in [0.5, 0.6) is 0 Å². The van der Waals surface area contributed by atoms with E-state index in [-0.39, 0.29) is 11.4 Å². The summed E-state index contributed by atoms with van der Waals surface area (Å²) in [6, 6.07) is 5.68. The van der Waals surface area contributed by atoms with Crippen molar-refractivity contribution in [3.05, 3.63) is 29.6 Å². The van der Waals surface area contributed by atoms with Crippen molar-refractivity contribution >= 4 is 5.69 Å². The van der Waals surface area contributed by atoms with Gasteiger partial charge in [0.1, 0.15) is 5.82 Å². The van der Waals surface area contributed by atoms with E-state index in [2.05, 4.69) is 5.32 Å². The Morgan fingerprint density at radius 1 is 1.25 bits per heavy atom. The summed E-state index contributed by atoms with van der Waals surface area (Å²) in [5, 5.41) is 3.54.